The van der Waals surface area contributed by atoms with Crippen LogP contribution >= 0.6 is 22.6 Å². The third-order valence-electron chi connectivity index (χ3n) is 3.59. The molecule has 1 unspecified atom stereocenters. The lowest BCUT2D eigenvalue weighted by Crippen LogP contribution is -2.52. The van der Waals surface area contributed by atoms with E-state index in [1.807, 2.05) is 22.6 Å². The van der Waals surface area contributed by atoms with Crippen LogP contribution in [-0.4, -0.2) is 28.7 Å². The number of nitrogens with one attached hydrogen (secondary N) is 1. The van der Waals surface area contributed by atoms with Gasteiger partial charge in [0.05, 0.1) is 12.1 Å². The molecule has 5 nitrogen and oxygen atoms in total. The lowest BCUT2D eigenvalue weighted by molar-refractivity contribution is -0.136. The molecule has 3 amide bonds. The Morgan fingerprint density at radius 2 is 2.05 bits per heavy atom. The van der Waals surface area contributed by atoms with Gasteiger partial charge < -0.3 is 4.90 Å². The van der Waals surface area contributed by atoms with Crippen LogP contribution in [0.1, 0.15) is 28.8 Å². The van der Waals surface area contributed by atoms with Gasteiger partial charge in [-0.05, 0) is 41.1 Å². The van der Waals surface area contributed by atoms with E-state index in [2.05, 4.69) is 5.32 Å². The first kappa shape index (κ1) is 13.5. The Labute approximate surface area is 127 Å². The minimum Gasteiger partial charge on any atom is -0.322 e. The summed E-state index contributed by atoms with van der Waals surface area (Å²) < 4.78 is 14.5. The number of benzene rings is 1. The Balaban J connectivity index is 1.94. The topological polar surface area (TPSA) is 66.5 Å². The van der Waals surface area contributed by atoms with Gasteiger partial charge in [0.2, 0.25) is 11.8 Å². The highest BCUT2D eigenvalue weighted by atomic mass is 127. The van der Waals surface area contributed by atoms with Crippen LogP contribution in [0.15, 0.2) is 12.1 Å². The maximum Gasteiger partial charge on any atom is 0.256 e. The molecule has 1 fully saturated rings. The molecular formula is C13H10FIN2O3. The van der Waals surface area contributed by atoms with E-state index in [9.17, 15) is 18.8 Å². The lowest BCUT2D eigenvalue weighted by Gasteiger charge is -2.29. The summed E-state index contributed by atoms with van der Waals surface area (Å²) in [4.78, 5) is 36.7. The fourth-order valence-electron chi connectivity index (χ4n) is 2.60. The number of halogens is 2. The Hall–Kier alpha value is -1.51. The SMILES string of the molecule is O=C1CCC(N2Cc3c(F)ccc(I)c3C2=O)C(=O)N1. The van der Waals surface area contributed by atoms with Crippen LogP contribution in [0, 0.1) is 9.39 Å². The molecule has 1 saturated heterocycles. The smallest absolute Gasteiger partial charge is 0.256 e. The van der Waals surface area contributed by atoms with Crippen molar-refractivity contribution in [2.75, 3.05) is 0 Å². The normalized spacial score (nSPS) is 22.0. The van der Waals surface area contributed by atoms with Gasteiger partial charge in [0.25, 0.3) is 5.91 Å². The number of imide groups is 1. The zero-order chi connectivity index (χ0) is 14.4. The molecule has 7 heteroatoms. The Morgan fingerprint density at radius 1 is 1.30 bits per heavy atom. The van der Waals surface area contributed by atoms with Crippen molar-refractivity contribution in [3.63, 3.8) is 0 Å². The Morgan fingerprint density at radius 3 is 2.70 bits per heavy atom. The monoisotopic (exact) mass is 388 g/mol. The van der Waals surface area contributed by atoms with Crippen LogP contribution in [-0.2, 0) is 16.1 Å². The number of rotatable bonds is 1. The molecule has 0 radical (unpaired) electrons. The molecule has 3 rings (SSSR count). The highest BCUT2D eigenvalue weighted by Gasteiger charge is 2.40. The molecule has 0 aliphatic carbocycles. The van der Waals surface area contributed by atoms with Crippen LogP contribution in [0.5, 0.6) is 0 Å². The Bertz CT molecular complexity index is 647. The summed E-state index contributed by atoms with van der Waals surface area (Å²) in [5.41, 5.74) is 0.655. The predicted molar refractivity (Wildman–Crippen MR) is 75.2 cm³/mol. The second-order valence-corrected chi connectivity index (χ2v) is 5.94. The second-order valence-electron chi connectivity index (χ2n) is 4.78. The van der Waals surface area contributed by atoms with E-state index >= 15 is 0 Å². The molecule has 2 aliphatic heterocycles. The van der Waals surface area contributed by atoms with Gasteiger partial charge >= 0.3 is 0 Å². The van der Waals surface area contributed by atoms with Gasteiger partial charge in [-0.25, -0.2) is 4.39 Å². The van der Waals surface area contributed by atoms with Crippen molar-refractivity contribution >= 4 is 40.3 Å². The quantitative estimate of drug-likeness (QED) is 0.581. The average Bonchev–Trinajstić information content (AvgIpc) is 2.73. The largest absolute Gasteiger partial charge is 0.322 e. The number of hydrogen-bond donors (Lipinski definition) is 1. The zero-order valence-electron chi connectivity index (χ0n) is 10.3. The van der Waals surface area contributed by atoms with E-state index in [-0.39, 0.29) is 31.2 Å². The van der Waals surface area contributed by atoms with Gasteiger partial charge in [0.1, 0.15) is 11.9 Å². The van der Waals surface area contributed by atoms with E-state index < -0.39 is 17.8 Å². The number of carbonyl (C=O) groups excluding carboxylic acids is 3. The van der Waals surface area contributed by atoms with Crippen LogP contribution < -0.4 is 5.32 Å². The molecule has 0 bridgehead atoms. The molecule has 1 aromatic carbocycles. The number of hydrogen-bond acceptors (Lipinski definition) is 3. The molecule has 2 aliphatic rings. The summed E-state index contributed by atoms with van der Waals surface area (Å²) in [6.07, 6.45) is 0.471. The Kier molecular flexibility index (Phi) is 3.23. The van der Waals surface area contributed by atoms with Crippen LogP contribution in [0.4, 0.5) is 4.39 Å². The molecule has 0 spiro atoms. The summed E-state index contributed by atoms with van der Waals surface area (Å²) in [7, 11) is 0. The van der Waals surface area contributed by atoms with Crippen molar-refractivity contribution in [1.82, 2.24) is 10.2 Å². The number of carbonyl (C=O) groups is 3. The molecule has 0 saturated carbocycles. The fourth-order valence-corrected chi connectivity index (χ4v) is 3.33. The summed E-state index contributed by atoms with van der Waals surface area (Å²) in [6.45, 7) is 0.0725. The van der Waals surface area contributed by atoms with Gasteiger partial charge in [0, 0.05) is 15.6 Å². The van der Waals surface area contributed by atoms with Gasteiger partial charge in [0.15, 0.2) is 0 Å². The number of fused-ring (bicyclic) bond motifs is 1. The first-order valence-electron chi connectivity index (χ1n) is 6.10. The van der Waals surface area contributed by atoms with Gasteiger partial charge in [-0.3, -0.25) is 19.7 Å². The highest BCUT2D eigenvalue weighted by Crippen LogP contribution is 2.32. The third kappa shape index (κ3) is 2.00. The predicted octanol–water partition coefficient (Wildman–Crippen LogP) is 1.19. The summed E-state index contributed by atoms with van der Waals surface area (Å²) in [5.74, 6) is -1.61. The number of amides is 3. The van der Waals surface area contributed by atoms with Crippen molar-refractivity contribution in [1.29, 1.82) is 0 Å². The summed E-state index contributed by atoms with van der Waals surface area (Å²) in [5, 5.41) is 2.22. The van der Waals surface area contributed by atoms with Gasteiger partial charge in [-0.1, -0.05) is 0 Å². The van der Waals surface area contributed by atoms with Crippen molar-refractivity contribution in [3.8, 4) is 0 Å². The maximum atomic E-state index is 13.8. The fraction of sp³-hybridized carbons (Fsp3) is 0.308. The first-order chi connectivity index (χ1) is 9.49. The summed E-state index contributed by atoms with van der Waals surface area (Å²) in [6, 6.07) is 2.16. The van der Waals surface area contributed by atoms with E-state index in [0.29, 0.717) is 14.7 Å². The molecule has 20 heavy (non-hydrogen) atoms. The molecule has 104 valence electrons. The van der Waals surface area contributed by atoms with Crippen LogP contribution in [0.3, 0.4) is 0 Å². The van der Waals surface area contributed by atoms with Crippen molar-refractivity contribution in [2.45, 2.75) is 25.4 Å². The molecule has 1 aromatic rings. The molecular weight excluding hydrogens is 378 g/mol. The number of piperidine rings is 1. The second kappa shape index (κ2) is 4.80. The number of nitrogens with zero attached hydrogens (tertiary/aromatic N) is 1. The van der Waals surface area contributed by atoms with Gasteiger partial charge in [-0.2, -0.15) is 0 Å². The molecule has 1 atom stereocenters. The van der Waals surface area contributed by atoms with Crippen molar-refractivity contribution < 1.29 is 18.8 Å². The summed E-state index contributed by atoms with van der Waals surface area (Å²) >= 11 is 1.98. The standard InChI is InChI=1S/C13H10FIN2O3/c14-7-1-2-8(15)11-6(7)5-17(13(11)20)9-3-4-10(18)16-12(9)19/h1-2,9H,3-5H2,(H,16,18,19). The van der Waals surface area contributed by atoms with Crippen LogP contribution in [0.2, 0.25) is 0 Å². The molecule has 0 aromatic heterocycles. The van der Waals surface area contributed by atoms with E-state index in [1.54, 1.807) is 6.07 Å². The minimum atomic E-state index is -0.706. The highest BCUT2D eigenvalue weighted by molar-refractivity contribution is 14.1. The molecule has 2 heterocycles. The maximum absolute atomic E-state index is 13.8. The van der Waals surface area contributed by atoms with E-state index in [4.69, 9.17) is 0 Å². The van der Waals surface area contributed by atoms with Crippen molar-refractivity contribution in [2.24, 2.45) is 0 Å². The van der Waals surface area contributed by atoms with E-state index in [0.717, 1.165) is 0 Å². The van der Waals surface area contributed by atoms with E-state index in [1.165, 1.54) is 11.0 Å². The van der Waals surface area contributed by atoms with Crippen LogP contribution in [0.25, 0.3) is 0 Å². The third-order valence-corrected chi connectivity index (χ3v) is 4.49. The molecule has 1 N–H and O–H groups in total. The van der Waals surface area contributed by atoms with Gasteiger partial charge in [-0.15, -0.1) is 0 Å². The lowest BCUT2D eigenvalue weighted by atomic mass is 10.0. The first-order valence-corrected chi connectivity index (χ1v) is 7.18. The van der Waals surface area contributed by atoms with Crippen molar-refractivity contribution in [3.05, 3.63) is 32.6 Å². The minimum absolute atomic E-state index is 0.0725. The zero-order valence-corrected chi connectivity index (χ0v) is 12.4. The average molecular weight is 388 g/mol.